The van der Waals surface area contributed by atoms with Gasteiger partial charge in [-0.3, -0.25) is 38.6 Å². The van der Waals surface area contributed by atoms with Crippen LogP contribution >= 0.6 is 0 Å². The molecule has 0 aromatic carbocycles. The maximum atomic E-state index is 13.5. The van der Waals surface area contributed by atoms with Crippen molar-refractivity contribution in [2.75, 3.05) is 19.6 Å². The second kappa shape index (κ2) is 22.0. The van der Waals surface area contributed by atoms with Crippen LogP contribution in [-0.4, -0.2) is 136 Å². The van der Waals surface area contributed by atoms with E-state index in [1.54, 1.807) is 13.8 Å². The molecule has 21 heteroatoms. The molecule has 0 aromatic heterocycles. The maximum Gasteiger partial charge on any atom is 0.326 e. The number of amides is 6. The molecule has 294 valence electrons. The van der Waals surface area contributed by atoms with Crippen molar-refractivity contribution in [3.63, 3.8) is 0 Å². The first-order valence-electron chi connectivity index (χ1n) is 17.0. The summed E-state index contributed by atoms with van der Waals surface area (Å²) in [7, 11) is 0. The predicted molar refractivity (Wildman–Crippen MR) is 185 cm³/mol. The van der Waals surface area contributed by atoms with E-state index < -0.39 is 103 Å². The first-order valence-corrected chi connectivity index (χ1v) is 17.0. The number of nitrogens with one attached hydrogen (secondary N) is 5. The molecule has 1 fully saturated rings. The third-order valence-corrected chi connectivity index (χ3v) is 8.01. The topological polar surface area (TPSA) is 351 Å². The van der Waals surface area contributed by atoms with Crippen LogP contribution < -0.4 is 43.8 Å². The smallest absolute Gasteiger partial charge is 0.326 e. The van der Waals surface area contributed by atoms with E-state index in [1.165, 1.54) is 18.7 Å². The average Bonchev–Trinajstić information content (AvgIpc) is 3.55. The van der Waals surface area contributed by atoms with Crippen LogP contribution in [-0.2, 0) is 38.4 Å². The van der Waals surface area contributed by atoms with E-state index in [9.17, 15) is 48.6 Å². The number of aliphatic carboxylic acids is 2. The number of hydrogen-bond acceptors (Lipinski definition) is 11. The molecule has 1 aliphatic heterocycles. The van der Waals surface area contributed by atoms with Crippen LogP contribution in [0.25, 0.3) is 0 Å². The van der Waals surface area contributed by atoms with E-state index in [4.69, 9.17) is 22.3 Å². The molecule has 0 aliphatic carbocycles. The van der Waals surface area contributed by atoms with Gasteiger partial charge in [-0.05, 0) is 58.3 Å². The Morgan fingerprint density at radius 3 is 1.98 bits per heavy atom. The Balaban J connectivity index is 3.15. The van der Waals surface area contributed by atoms with Crippen molar-refractivity contribution in [3.05, 3.63) is 0 Å². The van der Waals surface area contributed by atoms with Gasteiger partial charge in [0.2, 0.25) is 35.4 Å². The number of carbonyl (C=O) groups is 8. The van der Waals surface area contributed by atoms with Gasteiger partial charge < -0.3 is 64.0 Å². The van der Waals surface area contributed by atoms with Crippen molar-refractivity contribution in [2.45, 2.75) is 115 Å². The van der Waals surface area contributed by atoms with E-state index in [0.29, 0.717) is 6.42 Å². The van der Waals surface area contributed by atoms with Crippen LogP contribution in [0.4, 0.5) is 0 Å². The van der Waals surface area contributed by atoms with Crippen LogP contribution in [0, 0.1) is 5.92 Å². The zero-order chi connectivity index (χ0) is 39.7. The number of nitrogens with two attached hydrogens (primary N) is 3. The van der Waals surface area contributed by atoms with E-state index in [2.05, 4.69) is 31.6 Å². The Labute approximate surface area is 301 Å². The van der Waals surface area contributed by atoms with Crippen molar-refractivity contribution in [3.8, 4) is 0 Å². The fourth-order valence-electron chi connectivity index (χ4n) is 5.37. The van der Waals surface area contributed by atoms with Gasteiger partial charge in [0.25, 0.3) is 0 Å². The predicted octanol–water partition coefficient (Wildman–Crippen LogP) is -4.19. The minimum absolute atomic E-state index is 0.0252. The number of carboxylic acids is 2. The summed E-state index contributed by atoms with van der Waals surface area (Å²) in [4.78, 5) is 106. The number of aliphatic hydroxyl groups is 1. The highest BCUT2D eigenvalue weighted by Gasteiger charge is 2.39. The molecule has 7 unspecified atom stereocenters. The molecule has 1 heterocycles. The molecule has 14 N–H and O–H groups in total. The second-order valence-electron chi connectivity index (χ2n) is 12.9. The Kier molecular flexibility index (Phi) is 19.0. The Hall–Kier alpha value is -5.05. The van der Waals surface area contributed by atoms with Gasteiger partial charge in [0.1, 0.15) is 36.3 Å². The summed E-state index contributed by atoms with van der Waals surface area (Å²) in [6.07, 6.45) is -1.44. The summed E-state index contributed by atoms with van der Waals surface area (Å²) in [5, 5.41) is 40.9. The lowest BCUT2D eigenvalue weighted by molar-refractivity contribution is -0.145. The monoisotopic (exact) mass is 742 g/mol. The third-order valence-electron chi connectivity index (χ3n) is 8.01. The fraction of sp³-hybridized carbons (Fsp3) is 0.710. The van der Waals surface area contributed by atoms with Crippen LogP contribution in [0.15, 0.2) is 4.99 Å². The summed E-state index contributed by atoms with van der Waals surface area (Å²) in [5.74, 6) is -7.63. The van der Waals surface area contributed by atoms with Gasteiger partial charge in [0.05, 0.1) is 12.6 Å². The Morgan fingerprint density at radius 2 is 1.44 bits per heavy atom. The lowest BCUT2D eigenvalue weighted by Crippen LogP contribution is -2.61. The van der Waals surface area contributed by atoms with Crippen molar-refractivity contribution < 1.29 is 53.7 Å². The molecule has 1 rings (SSSR count). The molecule has 1 saturated heterocycles. The summed E-state index contributed by atoms with van der Waals surface area (Å²) in [6.45, 7) is 5.88. The number of nitrogens with zero attached hydrogens (tertiary/aromatic N) is 2. The molecule has 7 atom stereocenters. The first-order chi connectivity index (χ1) is 24.3. The fourth-order valence-corrected chi connectivity index (χ4v) is 5.37. The molecule has 0 saturated carbocycles. The molecule has 52 heavy (non-hydrogen) atoms. The molecular formula is C31H54N10O11. The molecule has 1 aliphatic rings. The molecular weight excluding hydrogens is 688 g/mol. The van der Waals surface area contributed by atoms with Crippen molar-refractivity contribution in [1.82, 2.24) is 31.5 Å². The number of guanidine groups is 1. The highest BCUT2D eigenvalue weighted by atomic mass is 16.4. The van der Waals surface area contributed by atoms with Crippen LogP contribution in [0.2, 0.25) is 0 Å². The van der Waals surface area contributed by atoms with Crippen molar-refractivity contribution >= 4 is 53.3 Å². The van der Waals surface area contributed by atoms with Crippen LogP contribution in [0.3, 0.4) is 0 Å². The minimum atomic E-state index is -1.68. The van der Waals surface area contributed by atoms with Gasteiger partial charge in [-0.15, -0.1) is 0 Å². The highest BCUT2D eigenvalue weighted by molar-refractivity contribution is 5.97. The summed E-state index contributed by atoms with van der Waals surface area (Å²) in [6, 6.07) is -7.80. The second-order valence-corrected chi connectivity index (χ2v) is 12.9. The average molecular weight is 743 g/mol. The molecule has 0 radical (unpaired) electrons. The molecule has 6 amide bonds. The number of rotatable bonds is 22. The highest BCUT2D eigenvalue weighted by Crippen LogP contribution is 2.19. The number of hydrogen-bond donors (Lipinski definition) is 11. The Morgan fingerprint density at radius 1 is 0.827 bits per heavy atom. The molecule has 0 spiro atoms. The van der Waals surface area contributed by atoms with Gasteiger partial charge in [0.15, 0.2) is 5.96 Å². The van der Waals surface area contributed by atoms with Gasteiger partial charge in [-0.1, -0.05) is 13.8 Å². The maximum absolute atomic E-state index is 13.5. The summed E-state index contributed by atoms with van der Waals surface area (Å²) < 4.78 is 0. The SMILES string of the molecule is CC(C)CC(NC(=O)C1CCCN1C(=O)C(C)NC(=O)C(CCCN=C(N)N)NC(=O)C(NC(=O)C(CCC(=O)O)NC(=O)CN)C(C)O)C(=O)O. The van der Waals surface area contributed by atoms with Crippen molar-refractivity contribution in [2.24, 2.45) is 28.1 Å². The van der Waals surface area contributed by atoms with E-state index in [1.807, 2.05) is 0 Å². The normalized spacial score (nSPS) is 17.4. The van der Waals surface area contributed by atoms with Gasteiger partial charge in [-0.2, -0.15) is 0 Å². The summed E-state index contributed by atoms with van der Waals surface area (Å²) in [5.41, 5.74) is 16.0. The molecule has 21 nitrogen and oxygen atoms in total. The Bertz CT molecular complexity index is 1320. The van der Waals surface area contributed by atoms with Crippen LogP contribution in [0.5, 0.6) is 0 Å². The first kappa shape index (κ1) is 45.0. The standard InChI is InChI=1S/C31H54N10O11/c1-15(2)13-20(30(51)52)39-27(48)21-8-6-12-41(21)29(50)16(3)36-25(46)18(7-5-11-35-31(33)34)38-28(49)24(17(4)42)40-26(47)19(9-10-23(44)45)37-22(43)14-32/h15-21,24,42H,5-14,32H2,1-4H3,(H,36,46)(H,37,43)(H,38,49)(H,39,48)(H,40,47)(H,44,45)(H,51,52)(H4,33,34,35). The lowest BCUT2D eigenvalue weighted by Gasteiger charge is -2.30. The molecule has 0 aromatic rings. The number of carbonyl (C=O) groups excluding carboxylic acids is 6. The number of aliphatic hydroxyl groups excluding tert-OH is 1. The number of likely N-dealkylation sites (tertiary alicyclic amines) is 1. The minimum Gasteiger partial charge on any atom is -0.481 e. The number of aliphatic imine (C=N–C) groups is 1. The largest absolute Gasteiger partial charge is 0.481 e. The van der Waals surface area contributed by atoms with Gasteiger partial charge in [-0.25, -0.2) is 4.79 Å². The molecule has 0 bridgehead atoms. The van der Waals surface area contributed by atoms with Gasteiger partial charge >= 0.3 is 11.9 Å². The van der Waals surface area contributed by atoms with Crippen molar-refractivity contribution in [1.29, 1.82) is 0 Å². The third kappa shape index (κ3) is 15.5. The summed E-state index contributed by atoms with van der Waals surface area (Å²) >= 11 is 0. The zero-order valence-electron chi connectivity index (χ0n) is 29.9. The van der Waals surface area contributed by atoms with E-state index >= 15 is 0 Å². The zero-order valence-corrected chi connectivity index (χ0v) is 29.9. The lowest BCUT2D eigenvalue weighted by atomic mass is 10.0. The van der Waals surface area contributed by atoms with E-state index in [0.717, 1.165) is 0 Å². The van der Waals surface area contributed by atoms with Gasteiger partial charge in [0, 0.05) is 19.5 Å². The number of carboxylic acid groups (broad SMARTS) is 2. The van der Waals surface area contributed by atoms with Crippen LogP contribution in [0.1, 0.15) is 72.6 Å². The van der Waals surface area contributed by atoms with E-state index in [-0.39, 0.29) is 57.1 Å². The quantitative estimate of drug-likeness (QED) is 0.0285.